The quantitative estimate of drug-likeness (QED) is 0.123. The van der Waals surface area contributed by atoms with Crippen molar-refractivity contribution in [2.24, 2.45) is 0 Å². The predicted octanol–water partition coefficient (Wildman–Crippen LogP) is 7.06. The first-order valence-electron chi connectivity index (χ1n) is 17.0. The van der Waals surface area contributed by atoms with Crippen LogP contribution in [0.4, 0.5) is 0 Å². The van der Waals surface area contributed by atoms with Crippen LogP contribution in [-0.2, 0) is 24.2 Å². The van der Waals surface area contributed by atoms with E-state index >= 15 is 0 Å². The Morgan fingerprint density at radius 1 is 1.00 bits per heavy atom. The van der Waals surface area contributed by atoms with Crippen molar-refractivity contribution in [3.05, 3.63) is 125 Å². The van der Waals surface area contributed by atoms with Crippen molar-refractivity contribution in [1.82, 2.24) is 20.2 Å². The summed E-state index contributed by atoms with van der Waals surface area (Å²) in [5.41, 5.74) is 7.18. The molecule has 0 bridgehead atoms. The van der Waals surface area contributed by atoms with Gasteiger partial charge in [0.05, 0.1) is 22.6 Å². The second kappa shape index (κ2) is 15.7. The summed E-state index contributed by atoms with van der Waals surface area (Å²) in [5.74, 6) is 0.314. The van der Waals surface area contributed by atoms with Crippen molar-refractivity contribution >= 4 is 39.8 Å². The van der Waals surface area contributed by atoms with Crippen molar-refractivity contribution in [3.63, 3.8) is 0 Å². The van der Waals surface area contributed by atoms with Crippen LogP contribution in [0.1, 0.15) is 69.4 Å². The third-order valence-corrected chi connectivity index (χ3v) is 10.2. The number of thioether (sulfide) groups is 1. The van der Waals surface area contributed by atoms with Gasteiger partial charge in [-0.3, -0.25) is 9.59 Å². The summed E-state index contributed by atoms with van der Waals surface area (Å²) in [5, 5.41) is 16.3. The van der Waals surface area contributed by atoms with Gasteiger partial charge in [-0.2, -0.15) is 0 Å². The van der Waals surface area contributed by atoms with E-state index in [1.807, 2.05) is 85.8 Å². The van der Waals surface area contributed by atoms with Crippen molar-refractivity contribution in [1.29, 1.82) is 0 Å². The van der Waals surface area contributed by atoms with Gasteiger partial charge in [0.15, 0.2) is 0 Å². The fourth-order valence-electron chi connectivity index (χ4n) is 6.54. The van der Waals surface area contributed by atoms with Gasteiger partial charge in [0.2, 0.25) is 5.12 Å². The number of carbonyl (C=O) groups excluding carboxylic acids is 2. The average molecular weight is 675 g/mol. The Labute approximate surface area is 291 Å². The lowest BCUT2D eigenvalue weighted by molar-refractivity contribution is -0.112. The molecule has 1 saturated heterocycles. The third-order valence-electron chi connectivity index (χ3n) is 9.05. The maximum absolute atomic E-state index is 13.9. The first-order valence-corrected chi connectivity index (χ1v) is 18.0. The monoisotopic (exact) mass is 674 g/mol. The minimum Gasteiger partial charge on any atom is -0.478 e. The SMILES string of the molecule is CCCc1nc2c(C)cc(C(=O)N[C@@H](CSC(=O)[C@@H]3CCCN3)Cc3ccccc3)cc2n1Cc1ccc(-c2ccccc2C(=O)O)cc1. The molecule has 0 spiro atoms. The molecule has 252 valence electrons. The van der Waals surface area contributed by atoms with Crippen LogP contribution in [0.15, 0.2) is 91.0 Å². The van der Waals surface area contributed by atoms with E-state index in [1.54, 1.807) is 12.1 Å². The Hall–Kier alpha value is -4.73. The van der Waals surface area contributed by atoms with Gasteiger partial charge >= 0.3 is 5.97 Å². The van der Waals surface area contributed by atoms with Crippen molar-refractivity contribution in [3.8, 4) is 11.1 Å². The molecule has 1 amide bonds. The number of fused-ring (bicyclic) bond motifs is 1. The number of hydrogen-bond acceptors (Lipinski definition) is 6. The molecule has 4 aromatic carbocycles. The molecular weight excluding hydrogens is 633 g/mol. The van der Waals surface area contributed by atoms with Crippen molar-refractivity contribution in [2.75, 3.05) is 12.3 Å². The summed E-state index contributed by atoms with van der Waals surface area (Å²) in [7, 11) is 0. The number of amides is 1. The van der Waals surface area contributed by atoms with E-state index < -0.39 is 5.97 Å². The van der Waals surface area contributed by atoms with Gasteiger partial charge in [0, 0.05) is 30.3 Å². The molecule has 6 rings (SSSR count). The van der Waals surface area contributed by atoms with E-state index in [2.05, 4.69) is 22.1 Å². The zero-order chi connectivity index (χ0) is 34.3. The van der Waals surface area contributed by atoms with Gasteiger partial charge in [0.1, 0.15) is 5.82 Å². The Morgan fingerprint density at radius 2 is 1.76 bits per heavy atom. The van der Waals surface area contributed by atoms with E-state index in [1.165, 1.54) is 11.8 Å². The van der Waals surface area contributed by atoms with E-state index in [4.69, 9.17) is 4.98 Å². The number of carboxylic acid groups (broad SMARTS) is 1. The van der Waals surface area contributed by atoms with Crippen LogP contribution in [0.3, 0.4) is 0 Å². The minimum atomic E-state index is -0.955. The highest BCUT2D eigenvalue weighted by molar-refractivity contribution is 8.13. The van der Waals surface area contributed by atoms with Gasteiger partial charge < -0.3 is 20.3 Å². The predicted molar refractivity (Wildman–Crippen MR) is 196 cm³/mol. The summed E-state index contributed by atoms with van der Waals surface area (Å²) in [6.07, 6.45) is 4.20. The van der Waals surface area contributed by atoms with Gasteiger partial charge in [0.25, 0.3) is 5.91 Å². The molecule has 5 aromatic rings. The first-order chi connectivity index (χ1) is 23.8. The Balaban J connectivity index is 1.26. The summed E-state index contributed by atoms with van der Waals surface area (Å²) in [6.45, 7) is 5.54. The highest BCUT2D eigenvalue weighted by Gasteiger charge is 2.25. The van der Waals surface area contributed by atoms with Crippen LogP contribution >= 0.6 is 11.8 Å². The molecule has 0 saturated carbocycles. The highest BCUT2D eigenvalue weighted by atomic mass is 32.2. The number of benzene rings is 4. The largest absolute Gasteiger partial charge is 0.478 e. The smallest absolute Gasteiger partial charge is 0.336 e. The number of aromatic carboxylic acids is 1. The Kier molecular flexibility index (Phi) is 10.9. The molecule has 0 aliphatic carbocycles. The van der Waals surface area contributed by atoms with Gasteiger partial charge in [-0.15, -0.1) is 0 Å². The lowest BCUT2D eigenvalue weighted by atomic mass is 9.98. The van der Waals surface area contributed by atoms with Crippen LogP contribution in [0.25, 0.3) is 22.2 Å². The zero-order valence-corrected chi connectivity index (χ0v) is 28.8. The topological polar surface area (TPSA) is 113 Å². The molecule has 49 heavy (non-hydrogen) atoms. The summed E-state index contributed by atoms with van der Waals surface area (Å²) in [6, 6.07) is 28.5. The van der Waals surface area contributed by atoms with Gasteiger partial charge in [-0.05, 0) is 85.2 Å². The maximum atomic E-state index is 13.9. The average Bonchev–Trinajstić information content (AvgIpc) is 3.77. The molecule has 8 nitrogen and oxygen atoms in total. The van der Waals surface area contributed by atoms with Crippen LogP contribution < -0.4 is 10.6 Å². The molecule has 2 atom stereocenters. The third kappa shape index (κ3) is 8.12. The van der Waals surface area contributed by atoms with Crippen molar-refractivity contribution < 1.29 is 19.5 Å². The molecule has 1 aromatic heterocycles. The summed E-state index contributed by atoms with van der Waals surface area (Å²) in [4.78, 5) is 43.6. The molecule has 1 aliphatic heterocycles. The lowest BCUT2D eigenvalue weighted by Crippen LogP contribution is -2.39. The van der Waals surface area contributed by atoms with Crippen LogP contribution in [-0.4, -0.2) is 56.0 Å². The van der Waals surface area contributed by atoms with Crippen LogP contribution in [0.5, 0.6) is 0 Å². The fraction of sp³-hybridized carbons (Fsp3) is 0.300. The number of rotatable bonds is 13. The minimum absolute atomic E-state index is 0.113. The number of aryl methyl sites for hydroxylation is 2. The molecule has 2 heterocycles. The molecule has 1 aliphatic rings. The highest BCUT2D eigenvalue weighted by Crippen LogP contribution is 2.27. The molecular formula is C40H42N4O4S. The van der Waals surface area contributed by atoms with Crippen LogP contribution in [0, 0.1) is 6.92 Å². The van der Waals surface area contributed by atoms with Gasteiger partial charge in [-0.25, -0.2) is 9.78 Å². The second-order valence-electron chi connectivity index (χ2n) is 12.7. The number of carboxylic acids is 1. The fourth-order valence-corrected chi connectivity index (χ4v) is 7.51. The number of aromatic nitrogens is 2. The standard InChI is InChI=1S/C40H42N4O4S/c1-3-10-36-43-37-26(2)21-30(38(45)42-31(22-27-11-5-4-6-12-27)25-49-40(48)34-15-9-20-41-34)23-35(37)44(36)24-28-16-18-29(19-17-28)32-13-7-8-14-33(32)39(46)47/h4-8,11-14,16-19,21,23,31,34,41H,3,9-10,15,20,22,24-25H2,1-2H3,(H,42,45)(H,46,47)/t31-,34+/m1/s1. The molecule has 0 unspecified atom stereocenters. The number of hydrogen-bond donors (Lipinski definition) is 3. The van der Waals surface area contributed by atoms with Crippen molar-refractivity contribution in [2.45, 2.75) is 64.6 Å². The first kappa shape index (κ1) is 34.1. The van der Waals surface area contributed by atoms with E-state index in [-0.39, 0.29) is 28.7 Å². The summed E-state index contributed by atoms with van der Waals surface area (Å²) < 4.78 is 2.19. The number of nitrogens with zero attached hydrogens (tertiary/aromatic N) is 2. The Morgan fingerprint density at radius 3 is 2.47 bits per heavy atom. The molecule has 1 fully saturated rings. The molecule has 0 radical (unpaired) electrons. The lowest BCUT2D eigenvalue weighted by Gasteiger charge is -2.20. The Bertz CT molecular complexity index is 1950. The zero-order valence-electron chi connectivity index (χ0n) is 27.9. The van der Waals surface area contributed by atoms with Gasteiger partial charge in [-0.1, -0.05) is 91.5 Å². The normalized spacial score (nSPS) is 14.9. The van der Waals surface area contributed by atoms with E-state index in [9.17, 15) is 19.5 Å². The molecule has 9 heteroatoms. The molecule has 3 N–H and O–H groups in total. The van der Waals surface area contributed by atoms with Crippen LogP contribution in [0.2, 0.25) is 0 Å². The van der Waals surface area contributed by atoms with E-state index in [0.29, 0.717) is 29.8 Å². The second-order valence-corrected chi connectivity index (χ2v) is 13.7. The maximum Gasteiger partial charge on any atom is 0.336 e. The number of imidazole rings is 1. The number of carbonyl (C=O) groups is 3. The summed E-state index contributed by atoms with van der Waals surface area (Å²) >= 11 is 1.30. The number of nitrogens with one attached hydrogen (secondary N) is 2. The van der Waals surface area contributed by atoms with E-state index in [0.717, 1.165) is 71.3 Å².